The SMILES string of the molecule is Cc1cc(S(=O)(=O)Nc2ccc(C(C)C)cc2)ccc1NC(=O)c1ccc(Cl)cc1. The van der Waals surface area contributed by atoms with Gasteiger partial charge in [0.15, 0.2) is 0 Å². The molecule has 0 fully saturated rings. The number of amides is 1. The van der Waals surface area contributed by atoms with Crippen LogP contribution in [0.25, 0.3) is 0 Å². The molecule has 0 radical (unpaired) electrons. The molecule has 30 heavy (non-hydrogen) atoms. The van der Waals surface area contributed by atoms with E-state index in [0.717, 1.165) is 5.56 Å². The molecule has 2 N–H and O–H groups in total. The zero-order chi connectivity index (χ0) is 21.9. The van der Waals surface area contributed by atoms with Crippen LogP contribution in [-0.2, 0) is 10.0 Å². The number of rotatable bonds is 6. The molecule has 0 saturated heterocycles. The van der Waals surface area contributed by atoms with Crippen LogP contribution in [0.4, 0.5) is 11.4 Å². The summed E-state index contributed by atoms with van der Waals surface area (Å²) in [6.45, 7) is 5.90. The first-order valence-corrected chi connectivity index (χ1v) is 11.3. The molecule has 3 aromatic rings. The minimum atomic E-state index is -3.75. The highest BCUT2D eigenvalue weighted by Crippen LogP contribution is 2.24. The third-order valence-electron chi connectivity index (χ3n) is 4.69. The Balaban J connectivity index is 1.76. The topological polar surface area (TPSA) is 75.3 Å². The van der Waals surface area contributed by atoms with Gasteiger partial charge in [-0.2, -0.15) is 0 Å². The van der Waals surface area contributed by atoms with Crippen molar-refractivity contribution in [3.05, 3.63) is 88.4 Å². The lowest BCUT2D eigenvalue weighted by Crippen LogP contribution is -2.15. The van der Waals surface area contributed by atoms with Gasteiger partial charge in [-0.05, 0) is 78.6 Å². The Kier molecular flexibility index (Phi) is 6.48. The quantitative estimate of drug-likeness (QED) is 0.504. The molecule has 0 unspecified atom stereocenters. The number of nitrogens with one attached hydrogen (secondary N) is 2. The van der Waals surface area contributed by atoms with Crippen molar-refractivity contribution in [2.45, 2.75) is 31.6 Å². The summed E-state index contributed by atoms with van der Waals surface area (Å²) in [6.07, 6.45) is 0. The van der Waals surface area contributed by atoms with Gasteiger partial charge in [-0.1, -0.05) is 37.6 Å². The molecule has 0 aromatic heterocycles. The Hall–Kier alpha value is -2.83. The number of sulfonamides is 1. The normalized spacial score (nSPS) is 11.4. The summed E-state index contributed by atoms with van der Waals surface area (Å²) in [7, 11) is -3.75. The Morgan fingerprint density at radius 3 is 2.13 bits per heavy atom. The molecule has 3 rings (SSSR count). The summed E-state index contributed by atoms with van der Waals surface area (Å²) in [5.41, 5.74) is 3.26. The monoisotopic (exact) mass is 442 g/mol. The summed E-state index contributed by atoms with van der Waals surface area (Å²) in [5.74, 6) is 0.0719. The lowest BCUT2D eigenvalue weighted by Gasteiger charge is -2.13. The fraction of sp³-hybridized carbons (Fsp3) is 0.174. The molecule has 0 bridgehead atoms. The number of anilines is 2. The Morgan fingerprint density at radius 1 is 0.933 bits per heavy atom. The fourth-order valence-electron chi connectivity index (χ4n) is 2.89. The third-order valence-corrected chi connectivity index (χ3v) is 6.32. The maximum absolute atomic E-state index is 12.7. The van der Waals surface area contributed by atoms with Gasteiger partial charge < -0.3 is 5.32 Å². The van der Waals surface area contributed by atoms with Gasteiger partial charge >= 0.3 is 0 Å². The largest absolute Gasteiger partial charge is 0.322 e. The molecule has 0 heterocycles. The first-order chi connectivity index (χ1) is 14.2. The Morgan fingerprint density at radius 2 is 1.57 bits per heavy atom. The minimum absolute atomic E-state index is 0.123. The van der Waals surface area contributed by atoms with E-state index in [2.05, 4.69) is 23.9 Å². The molecule has 0 saturated carbocycles. The van der Waals surface area contributed by atoms with Gasteiger partial charge in [0.2, 0.25) is 0 Å². The van der Waals surface area contributed by atoms with E-state index in [4.69, 9.17) is 11.6 Å². The summed E-state index contributed by atoms with van der Waals surface area (Å²) in [4.78, 5) is 12.5. The number of hydrogen-bond donors (Lipinski definition) is 2. The van der Waals surface area contributed by atoms with Crippen LogP contribution in [-0.4, -0.2) is 14.3 Å². The maximum Gasteiger partial charge on any atom is 0.261 e. The van der Waals surface area contributed by atoms with Crippen molar-refractivity contribution in [2.24, 2.45) is 0 Å². The van der Waals surface area contributed by atoms with Crippen molar-refractivity contribution >= 4 is 38.9 Å². The van der Waals surface area contributed by atoms with Gasteiger partial charge in [0.25, 0.3) is 15.9 Å². The van der Waals surface area contributed by atoms with Gasteiger partial charge in [0.05, 0.1) is 4.90 Å². The summed E-state index contributed by atoms with van der Waals surface area (Å²) >= 11 is 5.85. The number of aryl methyl sites for hydroxylation is 1. The van der Waals surface area contributed by atoms with Crippen molar-refractivity contribution in [2.75, 3.05) is 10.0 Å². The van der Waals surface area contributed by atoms with Gasteiger partial charge in [0.1, 0.15) is 0 Å². The smallest absolute Gasteiger partial charge is 0.261 e. The van der Waals surface area contributed by atoms with Crippen LogP contribution >= 0.6 is 11.6 Å². The predicted octanol–water partition coefficient (Wildman–Crippen LogP) is 5.82. The lowest BCUT2D eigenvalue weighted by molar-refractivity contribution is 0.102. The molecular weight excluding hydrogens is 420 g/mol. The molecule has 5 nitrogen and oxygen atoms in total. The maximum atomic E-state index is 12.7. The van der Waals surface area contributed by atoms with E-state index in [0.29, 0.717) is 33.4 Å². The zero-order valence-electron chi connectivity index (χ0n) is 16.9. The van der Waals surface area contributed by atoms with Gasteiger partial charge in [-0.25, -0.2) is 8.42 Å². The summed E-state index contributed by atoms with van der Waals surface area (Å²) in [5, 5.41) is 3.34. The van der Waals surface area contributed by atoms with E-state index in [9.17, 15) is 13.2 Å². The number of halogens is 1. The predicted molar refractivity (Wildman–Crippen MR) is 122 cm³/mol. The first kappa shape index (κ1) is 21.9. The molecule has 0 aliphatic rings. The molecule has 7 heteroatoms. The van der Waals surface area contributed by atoms with E-state index < -0.39 is 10.0 Å². The van der Waals surface area contributed by atoms with Crippen LogP contribution in [0.2, 0.25) is 5.02 Å². The van der Waals surface area contributed by atoms with Crippen molar-refractivity contribution < 1.29 is 13.2 Å². The van der Waals surface area contributed by atoms with Crippen molar-refractivity contribution in [3.63, 3.8) is 0 Å². The Labute approximate surface area is 182 Å². The van der Waals surface area contributed by atoms with Crippen molar-refractivity contribution in [1.82, 2.24) is 0 Å². The molecular formula is C23H23ClN2O3S. The standard InChI is InChI=1S/C23H23ClN2O3S/c1-15(2)17-6-10-20(11-7-17)26-30(28,29)21-12-13-22(16(3)14-21)25-23(27)18-4-8-19(24)9-5-18/h4-15,26H,1-3H3,(H,25,27). The highest BCUT2D eigenvalue weighted by atomic mass is 35.5. The first-order valence-electron chi connectivity index (χ1n) is 9.46. The second-order valence-electron chi connectivity index (χ2n) is 7.32. The van der Waals surface area contributed by atoms with Gasteiger partial charge in [-0.15, -0.1) is 0 Å². The molecule has 0 atom stereocenters. The molecule has 0 aliphatic heterocycles. The van der Waals surface area contributed by atoms with Crippen LogP contribution in [0.15, 0.2) is 71.6 Å². The molecule has 3 aromatic carbocycles. The van der Waals surface area contributed by atoms with Crippen molar-refractivity contribution in [3.8, 4) is 0 Å². The highest BCUT2D eigenvalue weighted by molar-refractivity contribution is 7.92. The molecule has 156 valence electrons. The van der Waals surface area contributed by atoms with E-state index in [1.54, 1.807) is 49.4 Å². The van der Waals surface area contributed by atoms with E-state index in [1.807, 2.05) is 12.1 Å². The minimum Gasteiger partial charge on any atom is -0.322 e. The molecule has 1 amide bonds. The van der Waals surface area contributed by atoms with Gasteiger partial charge in [-0.3, -0.25) is 9.52 Å². The number of benzene rings is 3. The lowest BCUT2D eigenvalue weighted by atomic mass is 10.0. The summed E-state index contributed by atoms with van der Waals surface area (Å²) < 4.78 is 28.1. The highest BCUT2D eigenvalue weighted by Gasteiger charge is 2.16. The Bertz CT molecular complexity index is 1160. The summed E-state index contributed by atoms with van der Waals surface area (Å²) in [6, 6.07) is 18.4. The van der Waals surface area contributed by atoms with Crippen LogP contribution in [0.3, 0.4) is 0 Å². The van der Waals surface area contributed by atoms with Crippen LogP contribution in [0.5, 0.6) is 0 Å². The zero-order valence-corrected chi connectivity index (χ0v) is 18.5. The second kappa shape index (κ2) is 8.90. The molecule has 0 spiro atoms. The van der Waals surface area contributed by atoms with E-state index in [-0.39, 0.29) is 10.8 Å². The van der Waals surface area contributed by atoms with E-state index >= 15 is 0 Å². The van der Waals surface area contributed by atoms with Crippen molar-refractivity contribution in [1.29, 1.82) is 0 Å². The van der Waals surface area contributed by atoms with Gasteiger partial charge in [0, 0.05) is 22.0 Å². The van der Waals surface area contributed by atoms with Crippen LogP contribution < -0.4 is 10.0 Å². The van der Waals surface area contributed by atoms with Crippen LogP contribution in [0, 0.1) is 6.92 Å². The number of hydrogen-bond acceptors (Lipinski definition) is 3. The second-order valence-corrected chi connectivity index (χ2v) is 9.44. The number of carbonyl (C=O) groups excluding carboxylic acids is 1. The average Bonchev–Trinajstić information content (AvgIpc) is 2.70. The van der Waals surface area contributed by atoms with Crippen LogP contribution in [0.1, 0.15) is 41.3 Å². The molecule has 0 aliphatic carbocycles. The van der Waals surface area contributed by atoms with E-state index in [1.165, 1.54) is 12.1 Å². The number of carbonyl (C=O) groups is 1. The third kappa shape index (κ3) is 5.20. The average molecular weight is 443 g/mol. The fourth-order valence-corrected chi connectivity index (χ4v) is 4.16.